The van der Waals surface area contributed by atoms with E-state index in [1.54, 1.807) is 12.1 Å². The van der Waals surface area contributed by atoms with Gasteiger partial charge in [-0.15, -0.1) is 0 Å². The van der Waals surface area contributed by atoms with Crippen LogP contribution in [0.15, 0.2) is 42.5 Å². The van der Waals surface area contributed by atoms with Gasteiger partial charge in [-0.3, -0.25) is 0 Å². The molecule has 4 N–H and O–H groups in total. The Labute approximate surface area is 127 Å². The van der Waals surface area contributed by atoms with Gasteiger partial charge in [-0.25, -0.2) is 0 Å². The van der Waals surface area contributed by atoms with E-state index in [1.807, 2.05) is 30.3 Å². The highest BCUT2D eigenvalue weighted by Crippen LogP contribution is 2.26. The summed E-state index contributed by atoms with van der Waals surface area (Å²) < 4.78 is 10.9. The van der Waals surface area contributed by atoms with Crippen LogP contribution in [-0.4, -0.2) is 57.7 Å². The van der Waals surface area contributed by atoms with Gasteiger partial charge in [0.2, 0.25) is 6.29 Å². The largest absolute Gasteiger partial charge is 0.462 e. The van der Waals surface area contributed by atoms with Crippen molar-refractivity contribution in [3.8, 4) is 5.75 Å². The number of aliphatic hydroxyl groups excluding tert-OH is 4. The molecule has 118 valence electrons. The number of ether oxygens (including phenoxy) is 2. The minimum absolute atomic E-state index is 0.461. The molecule has 1 aliphatic heterocycles. The first-order chi connectivity index (χ1) is 10.6. The van der Waals surface area contributed by atoms with Gasteiger partial charge in [0.05, 0.1) is 6.61 Å². The molecule has 0 amide bonds. The Hall–Kier alpha value is -1.70. The zero-order valence-electron chi connectivity index (χ0n) is 11.7. The van der Waals surface area contributed by atoms with E-state index in [-0.39, 0.29) is 0 Å². The summed E-state index contributed by atoms with van der Waals surface area (Å²) in [6, 6.07) is 13.1. The molecule has 3 rings (SSSR count). The SMILES string of the molecule is OC[C@@H]1O[C@@H](Oc2ccc3ccccc3c2)[C@H](O)[C@@H](O)[C@H]1O. The lowest BCUT2D eigenvalue weighted by Crippen LogP contribution is -2.60. The van der Waals surface area contributed by atoms with Gasteiger partial charge in [-0.1, -0.05) is 30.3 Å². The van der Waals surface area contributed by atoms with Crippen LogP contribution in [0, 0.1) is 0 Å². The molecular formula is C16H18O6. The molecule has 0 spiro atoms. The third kappa shape index (κ3) is 2.79. The lowest BCUT2D eigenvalue weighted by molar-refractivity contribution is -0.277. The Bertz CT molecular complexity index is 643. The van der Waals surface area contributed by atoms with Gasteiger partial charge in [0.25, 0.3) is 0 Å². The lowest BCUT2D eigenvalue weighted by atomic mass is 9.99. The third-order valence-corrected chi connectivity index (χ3v) is 3.82. The normalized spacial score (nSPS) is 32.1. The van der Waals surface area contributed by atoms with Crippen LogP contribution in [0.1, 0.15) is 0 Å². The molecule has 0 aromatic heterocycles. The molecule has 6 heteroatoms. The number of hydrogen-bond acceptors (Lipinski definition) is 6. The lowest BCUT2D eigenvalue weighted by Gasteiger charge is -2.39. The summed E-state index contributed by atoms with van der Waals surface area (Å²) in [6.45, 7) is -0.484. The highest BCUT2D eigenvalue weighted by Gasteiger charge is 2.44. The van der Waals surface area contributed by atoms with E-state index in [1.165, 1.54) is 0 Å². The van der Waals surface area contributed by atoms with E-state index in [0.29, 0.717) is 5.75 Å². The van der Waals surface area contributed by atoms with Gasteiger partial charge < -0.3 is 29.9 Å². The Morgan fingerprint density at radius 3 is 2.36 bits per heavy atom. The zero-order chi connectivity index (χ0) is 15.7. The van der Waals surface area contributed by atoms with Crippen LogP contribution in [0.4, 0.5) is 0 Å². The molecule has 0 radical (unpaired) electrons. The van der Waals surface area contributed by atoms with E-state index < -0.39 is 37.3 Å². The van der Waals surface area contributed by atoms with Crippen molar-refractivity contribution >= 4 is 10.8 Å². The smallest absolute Gasteiger partial charge is 0.229 e. The topological polar surface area (TPSA) is 99.4 Å². The second-order valence-electron chi connectivity index (χ2n) is 5.32. The zero-order valence-corrected chi connectivity index (χ0v) is 11.7. The molecule has 1 aliphatic rings. The van der Waals surface area contributed by atoms with E-state index in [0.717, 1.165) is 10.8 Å². The minimum atomic E-state index is -1.45. The maximum Gasteiger partial charge on any atom is 0.229 e. The fraction of sp³-hybridized carbons (Fsp3) is 0.375. The maximum absolute atomic E-state index is 9.95. The molecule has 0 saturated carbocycles. The molecule has 22 heavy (non-hydrogen) atoms. The van der Waals surface area contributed by atoms with E-state index in [2.05, 4.69) is 0 Å². The number of fused-ring (bicyclic) bond motifs is 1. The molecule has 1 fully saturated rings. The summed E-state index contributed by atoms with van der Waals surface area (Å²) >= 11 is 0. The second kappa shape index (κ2) is 6.20. The summed E-state index contributed by atoms with van der Waals surface area (Å²) in [5.74, 6) is 0.461. The highest BCUT2D eigenvalue weighted by molar-refractivity contribution is 5.83. The molecule has 2 aromatic rings. The van der Waals surface area contributed by atoms with Gasteiger partial charge in [0.1, 0.15) is 30.2 Å². The van der Waals surface area contributed by atoms with Crippen LogP contribution in [-0.2, 0) is 4.74 Å². The Morgan fingerprint density at radius 1 is 0.909 bits per heavy atom. The van der Waals surface area contributed by atoms with Crippen molar-refractivity contribution in [2.24, 2.45) is 0 Å². The van der Waals surface area contributed by atoms with Crippen molar-refractivity contribution in [3.63, 3.8) is 0 Å². The van der Waals surface area contributed by atoms with Crippen molar-refractivity contribution in [2.75, 3.05) is 6.61 Å². The number of hydrogen-bond donors (Lipinski definition) is 4. The predicted molar refractivity (Wildman–Crippen MR) is 78.3 cm³/mol. The van der Waals surface area contributed by atoms with Gasteiger partial charge in [-0.2, -0.15) is 0 Å². The van der Waals surface area contributed by atoms with Crippen LogP contribution in [0.2, 0.25) is 0 Å². The first-order valence-corrected chi connectivity index (χ1v) is 7.06. The Balaban J connectivity index is 1.80. The fourth-order valence-corrected chi connectivity index (χ4v) is 2.54. The van der Waals surface area contributed by atoms with Crippen LogP contribution < -0.4 is 4.74 Å². The van der Waals surface area contributed by atoms with Crippen molar-refractivity contribution in [1.29, 1.82) is 0 Å². The molecule has 5 atom stereocenters. The second-order valence-corrected chi connectivity index (χ2v) is 5.32. The van der Waals surface area contributed by atoms with Gasteiger partial charge in [-0.05, 0) is 22.9 Å². The summed E-state index contributed by atoms with van der Waals surface area (Å²) in [4.78, 5) is 0. The molecule has 0 aliphatic carbocycles. The number of benzene rings is 2. The summed E-state index contributed by atoms with van der Waals surface area (Å²) in [7, 11) is 0. The first-order valence-electron chi connectivity index (χ1n) is 7.06. The molecule has 0 unspecified atom stereocenters. The Morgan fingerprint density at radius 2 is 1.64 bits per heavy atom. The van der Waals surface area contributed by atoms with E-state index in [4.69, 9.17) is 14.6 Å². The van der Waals surface area contributed by atoms with Crippen LogP contribution in [0.3, 0.4) is 0 Å². The fourth-order valence-electron chi connectivity index (χ4n) is 2.54. The van der Waals surface area contributed by atoms with Gasteiger partial charge in [0.15, 0.2) is 0 Å². The standard InChI is InChI=1S/C16H18O6/c17-8-12-13(18)14(19)15(20)16(22-12)21-11-6-5-9-3-1-2-4-10(9)7-11/h1-7,12-20H,8H2/t12-,13-,14-,15+,16+/m0/s1. The average molecular weight is 306 g/mol. The van der Waals surface area contributed by atoms with Crippen LogP contribution in [0.25, 0.3) is 10.8 Å². The number of aliphatic hydroxyl groups is 4. The molecule has 0 bridgehead atoms. The average Bonchev–Trinajstić information content (AvgIpc) is 2.55. The summed E-state index contributed by atoms with van der Waals surface area (Å²) in [5.41, 5.74) is 0. The summed E-state index contributed by atoms with van der Waals surface area (Å²) in [5, 5.41) is 40.6. The van der Waals surface area contributed by atoms with Gasteiger partial charge in [0, 0.05) is 0 Å². The predicted octanol–water partition coefficient (Wildman–Crippen LogP) is 0.0185. The van der Waals surface area contributed by atoms with Crippen LogP contribution in [0.5, 0.6) is 5.75 Å². The molecule has 2 aromatic carbocycles. The van der Waals surface area contributed by atoms with Crippen LogP contribution >= 0.6 is 0 Å². The van der Waals surface area contributed by atoms with Crippen molar-refractivity contribution in [1.82, 2.24) is 0 Å². The highest BCUT2D eigenvalue weighted by atomic mass is 16.7. The Kier molecular flexibility index (Phi) is 4.28. The van der Waals surface area contributed by atoms with Crippen molar-refractivity contribution in [3.05, 3.63) is 42.5 Å². The molecule has 1 heterocycles. The van der Waals surface area contributed by atoms with E-state index >= 15 is 0 Å². The molecular weight excluding hydrogens is 288 g/mol. The monoisotopic (exact) mass is 306 g/mol. The molecule has 1 saturated heterocycles. The van der Waals surface area contributed by atoms with Gasteiger partial charge >= 0.3 is 0 Å². The third-order valence-electron chi connectivity index (χ3n) is 3.82. The summed E-state index contributed by atoms with van der Waals surface area (Å²) in [6.07, 6.45) is -6.40. The molecule has 6 nitrogen and oxygen atoms in total. The maximum atomic E-state index is 9.95. The van der Waals surface area contributed by atoms with Crippen molar-refractivity contribution < 1.29 is 29.9 Å². The minimum Gasteiger partial charge on any atom is -0.462 e. The van der Waals surface area contributed by atoms with E-state index in [9.17, 15) is 15.3 Å². The van der Waals surface area contributed by atoms with Crippen molar-refractivity contribution in [2.45, 2.75) is 30.7 Å². The quantitative estimate of drug-likeness (QED) is 0.638. The first kappa shape index (κ1) is 15.2. The number of rotatable bonds is 3.